The summed E-state index contributed by atoms with van der Waals surface area (Å²) >= 11 is 0. The SMILES string of the molecule is [N-]=[N+]=NCCN(CCN=[N+]=[N-])c1ccc(N=Nc2ccc([N+](=O)[O-])cc2OCCCc2cn(CCN(CCn3cc(CCCOc4cc([N+](=O)[O-])ccc4N=Nc4ccc(N(CCN=[N+]=[N-])CCN=[N+]=[N-])cc4)nn3)c3ccccc3)nn2)cc1. The zero-order valence-electron chi connectivity index (χ0n) is 45.9. The maximum atomic E-state index is 11.7. The molecule has 0 amide bonds. The van der Waals surface area contributed by atoms with Gasteiger partial charge in [-0.15, -0.1) is 20.4 Å². The summed E-state index contributed by atoms with van der Waals surface area (Å²) in [6.07, 6.45) is 5.86. The lowest BCUT2D eigenvalue weighted by Crippen LogP contribution is -2.31. The van der Waals surface area contributed by atoms with E-state index in [4.69, 9.17) is 31.6 Å². The van der Waals surface area contributed by atoms with Gasteiger partial charge in [-0.05, 0) is 121 Å². The fourth-order valence-corrected chi connectivity index (χ4v) is 8.34. The minimum Gasteiger partial charge on any atom is -0.491 e. The first-order chi connectivity index (χ1) is 41.6. The van der Waals surface area contributed by atoms with Crippen molar-refractivity contribution in [2.45, 2.75) is 38.8 Å². The molecule has 0 aliphatic rings. The lowest BCUT2D eigenvalue weighted by atomic mass is 10.2. The number of hydrogen-bond donors (Lipinski definition) is 0. The van der Waals surface area contributed by atoms with E-state index in [0.717, 1.165) is 28.5 Å². The highest BCUT2D eigenvalue weighted by molar-refractivity contribution is 5.59. The zero-order valence-corrected chi connectivity index (χ0v) is 45.9. The van der Waals surface area contributed by atoms with Crippen LogP contribution in [0, 0.1) is 20.2 Å². The number of nitrogens with zero attached hydrogens (tertiary/aromatic N) is 27. The van der Waals surface area contributed by atoms with Crippen molar-refractivity contribution >= 4 is 51.2 Å². The quantitative estimate of drug-likeness (QED) is 0.00873. The molecule has 2 heterocycles. The van der Waals surface area contributed by atoms with Gasteiger partial charge in [0.2, 0.25) is 0 Å². The number of non-ortho nitro benzene ring substituents is 2. The number of aromatic nitrogens is 6. The molecule has 7 rings (SSSR count). The summed E-state index contributed by atoms with van der Waals surface area (Å²) in [5.41, 5.74) is 40.1. The van der Waals surface area contributed by atoms with Crippen LogP contribution in [-0.4, -0.2) is 118 Å². The number of anilines is 3. The summed E-state index contributed by atoms with van der Waals surface area (Å²) < 4.78 is 15.6. The molecule has 0 unspecified atom stereocenters. The molecule has 0 aliphatic carbocycles. The largest absolute Gasteiger partial charge is 0.491 e. The Kier molecular flexibility index (Phi) is 24.1. The number of azo groups is 2. The maximum absolute atomic E-state index is 11.7. The van der Waals surface area contributed by atoms with Crippen LogP contribution < -0.4 is 24.2 Å². The molecule has 33 nitrogen and oxygen atoms in total. The van der Waals surface area contributed by atoms with Gasteiger partial charge >= 0.3 is 0 Å². The Balaban J connectivity index is 0.879. The van der Waals surface area contributed by atoms with E-state index < -0.39 is 9.85 Å². The molecule has 7 aromatic rings. The minimum atomic E-state index is -0.511. The molecule has 2 aromatic heterocycles. The normalized spacial score (nSPS) is 10.8. The molecular formula is C52H57N27O6. The van der Waals surface area contributed by atoms with Gasteiger partial charge < -0.3 is 24.2 Å². The fraction of sp³-hybridized carbons (Fsp3) is 0.346. The number of para-hydroxylation sites is 1. The average molecular weight is 1160 g/mol. The van der Waals surface area contributed by atoms with Gasteiger partial charge in [-0.25, -0.2) is 0 Å². The van der Waals surface area contributed by atoms with Crippen molar-refractivity contribution in [3.05, 3.63) is 201 Å². The monoisotopic (exact) mass is 1160 g/mol. The van der Waals surface area contributed by atoms with Crippen LogP contribution in [0.2, 0.25) is 0 Å². The molecule has 436 valence electrons. The van der Waals surface area contributed by atoms with Crippen molar-refractivity contribution in [3.63, 3.8) is 0 Å². The van der Waals surface area contributed by atoms with E-state index in [1.54, 1.807) is 33.6 Å². The molecule has 85 heavy (non-hydrogen) atoms. The number of azide groups is 4. The first-order valence-electron chi connectivity index (χ1n) is 26.6. The van der Waals surface area contributed by atoms with Gasteiger partial charge in [-0.3, -0.25) is 29.6 Å². The highest BCUT2D eigenvalue weighted by Gasteiger charge is 2.16. The van der Waals surface area contributed by atoms with Gasteiger partial charge in [-0.1, -0.05) is 49.1 Å². The van der Waals surface area contributed by atoms with Crippen molar-refractivity contribution < 1.29 is 19.3 Å². The summed E-state index contributed by atoms with van der Waals surface area (Å²) in [5, 5.41) is 72.5. The van der Waals surface area contributed by atoms with Crippen LogP contribution in [0.25, 0.3) is 41.8 Å². The van der Waals surface area contributed by atoms with E-state index >= 15 is 0 Å². The van der Waals surface area contributed by atoms with E-state index in [1.807, 2.05) is 76.8 Å². The molecule has 0 saturated heterocycles. The summed E-state index contributed by atoms with van der Waals surface area (Å²) in [4.78, 5) is 39.6. The standard InChI is InChI=1S/C52H57N27O6/c53-67-57-22-26-73(27-23-58-68-54)45-14-10-40(11-15-45)61-65-49-20-18-47(78(80)81)36-51(49)84-34-4-6-42-38-76(71-63-42)32-30-75(44-8-2-1-3-9-44)31-33-77-39-43(64-72-77)7-5-35-85-52-37-48(79(82)83)19-21-50(52)66-62-41-12-16-46(17-13-41)74(28-24-59-69-55)29-25-60-70-56/h1-3,8-21,36-39H,4-7,22-35H2. The third-order valence-corrected chi connectivity index (χ3v) is 12.6. The summed E-state index contributed by atoms with van der Waals surface area (Å²) in [6.45, 7) is 5.21. The Morgan fingerprint density at radius 1 is 0.482 bits per heavy atom. The van der Waals surface area contributed by atoms with Crippen LogP contribution in [0.1, 0.15) is 24.2 Å². The molecule has 0 saturated carbocycles. The highest BCUT2D eigenvalue weighted by Crippen LogP contribution is 2.35. The van der Waals surface area contributed by atoms with Gasteiger partial charge in [0.15, 0.2) is 11.5 Å². The molecule has 0 spiro atoms. The third-order valence-electron chi connectivity index (χ3n) is 12.6. The number of hydrogen-bond acceptors (Lipinski definition) is 21. The Hall–Kier alpha value is -11.4. The molecule has 0 fully saturated rings. The smallest absolute Gasteiger partial charge is 0.273 e. The molecule has 0 N–H and O–H groups in total. The van der Waals surface area contributed by atoms with E-state index in [2.05, 4.69) is 86.1 Å². The first-order valence-corrected chi connectivity index (χ1v) is 26.6. The number of benzene rings is 5. The van der Waals surface area contributed by atoms with Crippen molar-refractivity contribution in [1.82, 2.24) is 30.0 Å². The molecule has 5 aromatic carbocycles. The van der Waals surface area contributed by atoms with Crippen LogP contribution in [0.15, 0.2) is 169 Å². The molecule has 33 heteroatoms. The lowest BCUT2D eigenvalue weighted by Gasteiger charge is -2.24. The minimum absolute atomic E-state index is 0.161. The van der Waals surface area contributed by atoms with E-state index in [-0.39, 0.29) is 62.3 Å². The Morgan fingerprint density at radius 2 is 0.859 bits per heavy atom. The van der Waals surface area contributed by atoms with Gasteiger partial charge in [0, 0.05) is 127 Å². The molecule has 0 aliphatic heterocycles. The number of aryl methyl sites for hydroxylation is 2. The second-order valence-corrected chi connectivity index (χ2v) is 18.2. The van der Waals surface area contributed by atoms with Crippen molar-refractivity contribution in [2.75, 3.05) is 93.4 Å². The summed E-state index contributed by atoms with van der Waals surface area (Å²) in [6, 6.07) is 32.4. The van der Waals surface area contributed by atoms with E-state index in [0.29, 0.717) is 101 Å². The van der Waals surface area contributed by atoms with Gasteiger partial charge in [0.25, 0.3) is 11.4 Å². The van der Waals surface area contributed by atoms with Gasteiger partial charge in [-0.2, -0.15) is 10.2 Å². The molecule has 0 radical (unpaired) electrons. The van der Waals surface area contributed by atoms with Crippen LogP contribution in [0.5, 0.6) is 11.5 Å². The predicted molar refractivity (Wildman–Crippen MR) is 314 cm³/mol. The van der Waals surface area contributed by atoms with Crippen LogP contribution in [0.3, 0.4) is 0 Å². The topological polar surface area (TPSA) is 420 Å². The second kappa shape index (κ2) is 33.4. The first kappa shape index (κ1) is 61.2. The lowest BCUT2D eigenvalue weighted by molar-refractivity contribution is -0.385. The summed E-state index contributed by atoms with van der Waals surface area (Å²) in [7, 11) is 0. The van der Waals surface area contributed by atoms with Gasteiger partial charge in [0.05, 0.1) is 71.0 Å². The van der Waals surface area contributed by atoms with Crippen LogP contribution in [0.4, 0.5) is 51.2 Å². The predicted octanol–water partition coefficient (Wildman–Crippen LogP) is 12.6. The molecular weight excluding hydrogens is 1100 g/mol. The number of rotatable bonds is 37. The molecule has 0 bridgehead atoms. The van der Waals surface area contributed by atoms with Crippen LogP contribution >= 0.6 is 0 Å². The van der Waals surface area contributed by atoms with Crippen LogP contribution in [-0.2, 0) is 25.9 Å². The number of nitro groups is 2. The van der Waals surface area contributed by atoms with Gasteiger partial charge in [0.1, 0.15) is 11.4 Å². The van der Waals surface area contributed by atoms with Crippen molar-refractivity contribution in [2.24, 2.45) is 40.9 Å². The number of ether oxygens (including phenoxy) is 2. The third kappa shape index (κ3) is 20.0. The Bertz CT molecular complexity index is 3300. The second-order valence-electron chi connectivity index (χ2n) is 18.2. The van der Waals surface area contributed by atoms with E-state index in [9.17, 15) is 20.2 Å². The highest BCUT2D eigenvalue weighted by atomic mass is 16.6. The average Bonchev–Trinajstić information content (AvgIpc) is 4.33. The van der Waals surface area contributed by atoms with Crippen molar-refractivity contribution in [3.8, 4) is 11.5 Å². The molecule has 0 atom stereocenters. The van der Waals surface area contributed by atoms with E-state index in [1.165, 1.54) is 36.4 Å². The van der Waals surface area contributed by atoms with Crippen molar-refractivity contribution in [1.29, 1.82) is 0 Å². The Morgan fingerprint density at radius 3 is 1.24 bits per heavy atom. The summed E-state index contributed by atoms with van der Waals surface area (Å²) in [5.74, 6) is 0.387. The Labute approximate surface area is 484 Å². The zero-order chi connectivity index (χ0) is 59.9. The maximum Gasteiger partial charge on any atom is 0.273 e. The fourth-order valence-electron chi connectivity index (χ4n) is 8.34. The number of nitro benzene ring substituents is 2.